The van der Waals surface area contributed by atoms with Crippen LogP contribution in [0.5, 0.6) is 0 Å². The molecule has 0 amide bonds. The SMILES string of the molecule is COC(=O)C1CC(C)(C(=O)OC)C(c2ccc(F)cc2)N1. The molecule has 0 aliphatic carbocycles. The zero-order chi connectivity index (χ0) is 15.6. The van der Waals surface area contributed by atoms with E-state index in [4.69, 9.17) is 9.47 Å². The molecule has 0 spiro atoms. The molecular formula is C15H18FNO4. The van der Waals surface area contributed by atoms with Gasteiger partial charge >= 0.3 is 11.9 Å². The van der Waals surface area contributed by atoms with Crippen molar-refractivity contribution >= 4 is 11.9 Å². The van der Waals surface area contributed by atoms with Crippen LogP contribution in [0, 0.1) is 11.2 Å². The fraction of sp³-hybridized carbons (Fsp3) is 0.467. The first-order valence-corrected chi connectivity index (χ1v) is 6.60. The van der Waals surface area contributed by atoms with Crippen LogP contribution in [0.15, 0.2) is 24.3 Å². The summed E-state index contributed by atoms with van der Waals surface area (Å²) in [6.45, 7) is 1.72. The van der Waals surface area contributed by atoms with Gasteiger partial charge in [-0.05, 0) is 31.0 Å². The second kappa shape index (κ2) is 5.81. The van der Waals surface area contributed by atoms with E-state index in [1.54, 1.807) is 19.1 Å². The highest BCUT2D eigenvalue weighted by Crippen LogP contribution is 2.44. The number of rotatable bonds is 3. The summed E-state index contributed by atoms with van der Waals surface area (Å²) in [6.07, 6.45) is 0.258. The predicted octanol–water partition coefficient (Wildman–Crippen LogP) is 1.58. The van der Waals surface area contributed by atoms with Crippen LogP contribution in [0.4, 0.5) is 4.39 Å². The summed E-state index contributed by atoms with van der Waals surface area (Å²) >= 11 is 0. The van der Waals surface area contributed by atoms with Gasteiger partial charge in [0.05, 0.1) is 19.6 Å². The molecule has 1 aromatic carbocycles. The van der Waals surface area contributed by atoms with Crippen molar-refractivity contribution in [1.29, 1.82) is 0 Å². The number of methoxy groups -OCH3 is 2. The van der Waals surface area contributed by atoms with Crippen LogP contribution in [-0.4, -0.2) is 32.2 Å². The highest BCUT2D eigenvalue weighted by molar-refractivity contribution is 5.83. The first-order chi connectivity index (χ1) is 9.92. The zero-order valence-electron chi connectivity index (χ0n) is 12.2. The van der Waals surface area contributed by atoms with Crippen molar-refractivity contribution in [2.45, 2.75) is 25.4 Å². The van der Waals surface area contributed by atoms with E-state index in [1.807, 2.05) is 0 Å². The standard InChI is InChI=1S/C15H18FNO4/c1-15(14(19)21-3)8-11(13(18)20-2)17-12(15)9-4-6-10(16)7-5-9/h4-7,11-12,17H,8H2,1-3H3. The molecule has 3 atom stereocenters. The summed E-state index contributed by atoms with van der Waals surface area (Å²) in [5.41, 5.74) is -0.207. The van der Waals surface area contributed by atoms with Crippen molar-refractivity contribution in [1.82, 2.24) is 5.32 Å². The van der Waals surface area contributed by atoms with Gasteiger partial charge in [0.1, 0.15) is 11.9 Å². The number of hydrogen-bond acceptors (Lipinski definition) is 5. The van der Waals surface area contributed by atoms with Crippen LogP contribution >= 0.6 is 0 Å². The average Bonchev–Trinajstić information content (AvgIpc) is 2.85. The van der Waals surface area contributed by atoms with Gasteiger partial charge in [0.15, 0.2) is 0 Å². The van der Waals surface area contributed by atoms with Gasteiger partial charge in [-0.2, -0.15) is 0 Å². The molecule has 0 bridgehead atoms. The number of nitrogens with one attached hydrogen (secondary N) is 1. The van der Waals surface area contributed by atoms with Crippen molar-refractivity contribution in [2.24, 2.45) is 5.41 Å². The van der Waals surface area contributed by atoms with E-state index in [0.29, 0.717) is 0 Å². The van der Waals surface area contributed by atoms with E-state index >= 15 is 0 Å². The number of benzene rings is 1. The predicted molar refractivity (Wildman–Crippen MR) is 72.8 cm³/mol. The second-order valence-corrected chi connectivity index (χ2v) is 5.34. The van der Waals surface area contributed by atoms with Crippen LogP contribution < -0.4 is 5.32 Å². The number of carbonyl (C=O) groups excluding carboxylic acids is 2. The highest BCUT2D eigenvalue weighted by atomic mass is 19.1. The minimum absolute atomic E-state index is 0.258. The summed E-state index contributed by atoms with van der Waals surface area (Å²) in [6, 6.07) is 4.77. The molecule has 0 aromatic heterocycles. The van der Waals surface area contributed by atoms with Crippen molar-refractivity contribution < 1.29 is 23.5 Å². The number of carbonyl (C=O) groups is 2. The molecule has 114 valence electrons. The first-order valence-electron chi connectivity index (χ1n) is 6.60. The molecule has 1 N–H and O–H groups in total. The average molecular weight is 295 g/mol. The van der Waals surface area contributed by atoms with Gasteiger partial charge in [-0.3, -0.25) is 14.9 Å². The molecule has 1 aliphatic rings. The van der Waals surface area contributed by atoms with E-state index in [9.17, 15) is 14.0 Å². The topological polar surface area (TPSA) is 64.6 Å². The minimum atomic E-state index is -0.925. The minimum Gasteiger partial charge on any atom is -0.469 e. The Morgan fingerprint density at radius 2 is 1.86 bits per heavy atom. The maximum atomic E-state index is 13.1. The Morgan fingerprint density at radius 3 is 2.38 bits per heavy atom. The first kappa shape index (κ1) is 15.4. The molecule has 1 fully saturated rings. The third kappa shape index (κ3) is 2.76. The summed E-state index contributed by atoms with van der Waals surface area (Å²) < 4.78 is 22.7. The normalized spacial score (nSPS) is 28.2. The van der Waals surface area contributed by atoms with Crippen LogP contribution in [0.25, 0.3) is 0 Å². The van der Waals surface area contributed by atoms with Gasteiger partial charge in [0.25, 0.3) is 0 Å². The van der Waals surface area contributed by atoms with Gasteiger partial charge in [-0.15, -0.1) is 0 Å². The molecule has 1 heterocycles. The van der Waals surface area contributed by atoms with Crippen LogP contribution in [0.1, 0.15) is 24.9 Å². The summed E-state index contributed by atoms with van der Waals surface area (Å²) in [7, 11) is 2.60. The molecule has 1 saturated heterocycles. The van der Waals surface area contributed by atoms with Crippen molar-refractivity contribution in [2.75, 3.05) is 14.2 Å². The van der Waals surface area contributed by atoms with Crippen molar-refractivity contribution in [3.63, 3.8) is 0 Å². The van der Waals surface area contributed by atoms with Crippen molar-refractivity contribution in [3.8, 4) is 0 Å². The Bertz CT molecular complexity index is 545. The fourth-order valence-electron chi connectivity index (χ4n) is 2.83. The Balaban J connectivity index is 2.37. The monoisotopic (exact) mass is 295 g/mol. The van der Waals surface area contributed by atoms with Crippen molar-refractivity contribution in [3.05, 3.63) is 35.6 Å². The van der Waals surface area contributed by atoms with Crippen LogP contribution in [0.3, 0.4) is 0 Å². The summed E-state index contributed by atoms with van der Waals surface area (Å²) in [5.74, 6) is -1.22. The quantitative estimate of drug-likeness (QED) is 0.858. The van der Waals surface area contributed by atoms with E-state index in [2.05, 4.69) is 5.32 Å². The number of hydrogen-bond donors (Lipinski definition) is 1. The molecule has 1 aromatic rings. The number of esters is 2. The molecule has 1 aliphatic heterocycles. The largest absolute Gasteiger partial charge is 0.469 e. The Morgan fingerprint density at radius 1 is 1.24 bits per heavy atom. The van der Waals surface area contributed by atoms with E-state index in [0.717, 1.165) is 5.56 Å². The lowest BCUT2D eigenvalue weighted by atomic mass is 9.78. The number of ether oxygens (including phenoxy) is 2. The zero-order valence-corrected chi connectivity index (χ0v) is 12.2. The van der Waals surface area contributed by atoms with Gasteiger partial charge in [0, 0.05) is 6.04 Å². The third-order valence-corrected chi connectivity index (χ3v) is 3.97. The molecule has 0 radical (unpaired) electrons. The summed E-state index contributed by atoms with van der Waals surface area (Å²) in [5, 5.41) is 3.09. The van der Waals surface area contributed by atoms with Crippen LogP contribution in [0.2, 0.25) is 0 Å². The summed E-state index contributed by atoms with van der Waals surface area (Å²) in [4.78, 5) is 23.9. The van der Waals surface area contributed by atoms with Gasteiger partial charge in [-0.25, -0.2) is 4.39 Å². The lowest BCUT2D eigenvalue weighted by Gasteiger charge is -2.28. The molecule has 21 heavy (non-hydrogen) atoms. The van der Waals surface area contributed by atoms with Gasteiger partial charge in [0.2, 0.25) is 0 Å². The van der Waals surface area contributed by atoms with E-state index in [1.165, 1.54) is 26.4 Å². The second-order valence-electron chi connectivity index (χ2n) is 5.34. The molecule has 3 unspecified atom stereocenters. The van der Waals surface area contributed by atoms with E-state index < -0.39 is 29.4 Å². The lowest BCUT2D eigenvalue weighted by Crippen LogP contribution is -2.35. The maximum absolute atomic E-state index is 13.1. The molecule has 0 saturated carbocycles. The van der Waals surface area contributed by atoms with Gasteiger partial charge < -0.3 is 9.47 Å². The van der Waals surface area contributed by atoms with E-state index in [-0.39, 0.29) is 12.2 Å². The molecule has 2 rings (SSSR count). The smallest absolute Gasteiger partial charge is 0.322 e. The van der Waals surface area contributed by atoms with Crippen LogP contribution in [-0.2, 0) is 19.1 Å². The maximum Gasteiger partial charge on any atom is 0.322 e. The lowest BCUT2D eigenvalue weighted by molar-refractivity contribution is -0.152. The Hall–Kier alpha value is -1.95. The Kier molecular flexibility index (Phi) is 4.27. The molecule has 5 nitrogen and oxygen atoms in total. The molecular weight excluding hydrogens is 277 g/mol. The third-order valence-electron chi connectivity index (χ3n) is 3.97. The Labute approximate surface area is 122 Å². The van der Waals surface area contributed by atoms with Gasteiger partial charge in [-0.1, -0.05) is 12.1 Å². The highest BCUT2D eigenvalue weighted by Gasteiger charge is 2.52. The fourth-order valence-corrected chi connectivity index (χ4v) is 2.83. The number of halogens is 1. The molecule has 6 heteroatoms.